The van der Waals surface area contributed by atoms with Gasteiger partial charge in [0.2, 0.25) is 11.9 Å². The van der Waals surface area contributed by atoms with Crippen LogP contribution in [0.2, 0.25) is 0 Å². The maximum atomic E-state index is 13.3. The van der Waals surface area contributed by atoms with Crippen LogP contribution in [0.5, 0.6) is 0 Å². The molecular formula is C17H21F2N5O2S. The average Bonchev–Trinajstić information content (AvgIpc) is 3.08. The number of ether oxygens (including phenoxy) is 1. The fourth-order valence-corrected chi connectivity index (χ4v) is 3.58. The lowest BCUT2D eigenvalue weighted by Gasteiger charge is -2.27. The van der Waals surface area contributed by atoms with E-state index in [-0.39, 0.29) is 11.6 Å². The summed E-state index contributed by atoms with van der Waals surface area (Å²) >= 11 is 1.27. The molecule has 1 amide bonds. The predicted octanol–water partition coefficient (Wildman–Crippen LogP) is 2.53. The largest absolute Gasteiger partial charge is 0.378 e. The van der Waals surface area contributed by atoms with Crippen molar-refractivity contribution in [1.29, 1.82) is 0 Å². The van der Waals surface area contributed by atoms with Crippen LogP contribution in [0.1, 0.15) is 13.8 Å². The summed E-state index contributed by atoms with van der Waals surface area (Å²) < 4.78 is 33.6. The van der Waals surface area contributed by atoms with Crippen molar-refractivity contribution in [2.45, 2.75) is 30.8 Å². The van der Waals surface area contributed by atoms with E-state index in [0.29, 0.717) is 24.9 Å². The normalized spacial score (nSPS) is 15.6. The summed E-state index contributed by atoms with van der Waals surface area (Å²) in [6.07, 6.45) is 0. The van der Waals surface area contributed by atoms with Crippen molar-refractivity contribution in [1.82, 2.24) is 14.8 Å². The van der Waals surface area contributed by atoms with Crippen LogP contribution in [-0.4, -0.2) is 52.2 Å². The third-order valence-corrected chi connectivity index (χ3v) is 5.23. The summed E-state index contributed by atoms with van der Waals surface area (Å²) in [4.78, 5) is 14.5. The molecule has 1 atom stereocenters. The van der Waals surface area contributed by atoms with Crippen LogP contribution < -0.4 is 10.2 Å². The number of morpholine rings is 1. The van der Waals surface area contributed by atoms with E-state index in [0.717, 1.165) is 31.2 Å². The lowest BCUT2D eigenvalue weighted by atomic mass is 10.3. The van der Waals surface area contributed by atoms with Crippen LogP contribution in [0.4, 0.5) is 20.4 Å². The number of carbonyl (C=O) groups excluding carboxylic acids is 1. The lowest BCUT2D eigenvalue weighted by Crippen LogP contribution is -2.38. The zero-order chi connectivity index (χ0) is 19.4. The number of hydrogen-bond acceptors (Lipinski definition) is 6. The van der Waals surface area contributed by atoms with Crippen molar-refractivity contribution < 1.29 is 18.3 Å². The third-order valence-electron chi connectivity index (χ3n) is 4.15. The molecule has 0 spiro atoms. The summed E-state index contributed by atoms with van der Waals surface area (Å²) in [5.74, 6) is -1.53. The molecular weight excluding hydrogens is 376 g/mol. The second-order valence-electron chi connectivity index (χ2n) is 6.00. The smallest absolute Gasteiger partial charge is 0.237 e. The third kappa shape index (κ3) is 4.56. The second-order valence-corrected chi connectivity index (χ2v) is 7.31. The molecule has 1 aliphatic heterocycles. The van der Waals surface area contributed by atoms with Gasteiger partial charge in [-0.3, -0.25) is 9.36 Å². The van der Waals surface area contributed by atoms with Crippen LogP contribution in [0.15, 0.2) is 23.4 Å². The number of benzene rings is 1. The highest BCUT2D eigenvalue weighted by atomic mass is 32.2. The van der Waals surface area contributed by atoms with E-state index in [4.69, 9.17) is 4.74 Å². The monoisotopic (exact) mass is 397 g/mol. The molecule has 7 nitrogen and oxygen atoms in total. The SMILES string of the molecule is CCn1c(S[C@H](C)C(=O)Nc2ccc(F)c(F)c2)nnc1N1CCOCC1. The van der Waals surface area contributed by atoms with E-state index in [1.807, 2.05) is 11.5 Å². The molecule has 0 bridgehead atoms. The van der Waals surface area contributed by atoms with E-state index in [1.54, 1.807) is 6.92 Å². The molecule has 1 aliphatic rings. The van der Waals surface area contributed by atoms with E-state index in [9.17, 15) is 13.6 Å². The standard InChI is InChI=1S/C17H21F2N5O2S/c1-3-24-16(23-6-8-26-9-7-23)21-22-17(24)27-11(2)15(25)20-12-4-5-13(18)14(19)10-12/h4-5,10-11H,3,6-9H2,1-2H3,(H,20,25)/t11-/m1/s1. The molecule has 1 aromatic carbocycles. The summed E-state index contributed by atoms with van der Waals surface area (Å²) in [7, 11) is 0. The van der Waals surface area contributed by atoms with Crippen molar-refractivity contribution in [2.24, 2.45) is 0 Å². The number of aromatic nitrogens is 3. The maximum Gasteiger partial charge on any atom is 0.237 e. The van der Waals surface area contributed by atoms with E-state index >= 15 is 0 Å². The Morgan fingerprint density at radius 1 is 1.30 bits per heavy atom. The fraction of sp³-hybridized carbons (Fsp3) is 0.471. The van der Waals surface area contributed by atoms with Gasteiger partial charge in [-0.25, -0.2) is 8.78 Å². The first kappa shape index (κ1) is 19.6. The Hall–Kier alpha value is -2.20. The summed E-state index contributed by atoms with van der Waals surface area (Å²) in [6.45, 7) is 7.16. The molecule has 146 valence electrons. The Kier molecular flexibility index (Phi) is 6.27. The highest BCUT2D eigenvalue weighted by Crippen LogP contribution is 2.27. The quantitative estimate of drug-likeness (QED) is 0.756. The van der Waals surface area contributed by atoms with Gasteiger partial charge in [0.1, 0.15) is 0 Å². The fourth-order valence-electron chi connectivity index (χ4n) is 2.67. The first-order chi connectivity index (χ1) is 13.0. The number of nitrogens with zero attached hydrogens (tertiary/aromatic N) is 4. The van der Waals surface area contributed by atoms with Crippen LogP contribution in [0, 0.1) is 11.6 Å². The summed E-state index contributed by atoms with van der Waals surface area (Å²) in [5, 5.41) is 11.2. The highest BCUT2D eigenvalue weighted by Gasteiger charge is 2.23. The number of anilines is 2. The van der Waals surface area contributed by atoms with Gasteiger partial charge < -0.3 is 15.0 Å². The molecule has 3 rings (SSSR count). The summed E-state index contributed by atoms with van der Waals surface area (Å²) in [5.41, 5.74) is 0.206. The first-order valence-corrected chi connectivity index (χ1v) is 9.56. The van der Waals surface area contributed by atoms with Crippen LogP contribution in [-0.2, 0) is 16.1 Å². The number of amides is 1. The van der Waals surface area contributed by atoms with Crippen molar-refractivity contribution in [3.05, 3.63) is 29.8 Å². The van der Waals surface area contributed by atoms with Gasteiger partial charge in [-0.1, -0.05) is 11.8 Å². The number of thioether (sulfide) groups is 1. The van der Waals surface area contributed by atoms with Gasteiger partial charge in [0, 0.05) is 31.4 Å². The second kappa shape index (κ2) is 8.66. The van der Waals surface area contributed by atoms with Crippen molar-refractivity contribution in [3.63, 3.8) is 0 Å². The molecule has 0 radical (unpaired) electrons. The Labute approximate surface area is 160 Å². The Bertz CT molecular complexity index is 811. The first-order valence-electron chi connectivity index (χ1n) is 8.68. The molecule has 0 unspecified atom stereocenters. The minimum Gasteiger partial charge on any atom is -0.378 e. The predicted molar refractivity (Wildman–Crippen MR) is 99.0 cm³/mol. The topological polar surface area (TPSA) is 72.3 Å². The molecule has 1 fully saturated rings. The number of halogens is 2. The minimum atomic E-state index is -1.01. The number of rotatable bonds is 6. The maximum absolute atomic E-state index is 13.3. The van der Waals surface area contributed by atoms with Gasteiger partial charge in [0.25, 0.3) is 0 Å². The van der Waals surface area contributed by atoms with Gasteiger partial charge in [-0.2, -0.15) is 0 Å². The van der Waals surface area contributed by atoms with Crippen molar-refractivity contribution in [2.75, 3.05) is 36.5 Å². The zero-order valence-electron chi connectivity index (χ0n) is 15.1. The Morgan fingerprint density at radius 2 is 2.04 bits per heavy atom. The number of hydrogen-bond donors (Lipinski definition) is 1. The van der Waals surface area contributed by atoms with Gasteiger partial charge in [-0.15, -0.1) is 10.2 Å². The molecule has 27 heavy (non-hydrogen) atoms. The van der Waals surface area contributed by atoms with Crippen LogP contribution >= 0.6 is 11.8 Å². The van der Waals surface area contributed by atoms with Gasteiger partial charge in [-0.05, 0) is 26.0 Å². The molecule has 1 saturated heterocycles. The van der Waals surface area contributed by atoms with E-state index in [2.05, 4.69) is 20.4 Å². The molecule has 2 aromatic rings. The van der Waals surface area contributed by atoms with Crippen LogP contribution in [0.3, 0.4) is 0 Å². The van der Waals surface area contributed by atoms with Crippen molar-refractivity contribution in [3.8, 4) is 0 Å². The zero-order valence-corrected chi connectivity index (χ0v) is 15.9. The average molecular weight is 397 g/mol. The van der Waals surface area contributed by atoms with Gasteiger partial charge in [0.05, 0.1) is 18.5 Å². The number of carbonyl (C=O) groups is 1. The van der Waals surface area contributed by atoms with Gasteiger partial charge in [0.15, 0.2) is 16.8 Å². The highest BCUT2D eigenvalue weighted by molar-refractivity contribution is 8.00. The minimum absolute atomic E-state index is 0.206. The van der Waals surface area contributed by atoms with E-state index < -0.39 is 16.9 Å². The molecule has 1 aromatic heterocycles. The Balaban J connectivity index is 1.67. The van der Waals surface area contributed by atoms with Crippen molar-refractivity contribution >= 4 is 29.3 Å². The molecule has 1 N–H and O–H groups in total. The number of nitrogens with one attached hydrogen (secondary N) is 1. The van der Waals surface area contributed by atoms with Gasteiger partial charge >= 0.3 is 0 Å². The molecule has 2 heterocycles. The Morgan fingerprint density at radius 3 is 2.70 bits per heavy atom. The molecule has 0 saturated carbocycles. The summed E-state index contributed by atoms with van der Waals surface area (Å²) in [6, 6.07) is 3.25. The molecule has 0 aliphatic carbocycles. The molecule has 10 heteroatoms. The lowest BCUT2D eigenvalue weighted by molar-refractivity contribution is -0.115. The van der Waals surface area contributed by atoms with E-state index in [1.165, 1.54) is 17.8 Å². The van der Waals surface area contributed by atoms with Crippen LogP contribution in [0.25, 0.3) is 0 Å².